The quantitative estimate of drug-likeness (QED) is 0.856. The van der Waals surface area contributed by atoms with Crippen molar-refractivity contribution in [2.24, 2.45) is 11.8 Å². The SMILES string of the molecule is CCC1CCC(CNC(=O)c2cccnc2Br)CC1. The molecule has 0 spiro atoms. The van der Waals surface area contributed by atoms with Crippen molar-refractivity contribution >= 4 is 21.8 Å². The average molecular weight is 325 g/mol. The predicted octanol–water partition coefficient (Wildman–Crippen LogP) is 3.79. The zero-order valence-electron chi connectivity index (χ0n) is 11.4. The lowest BCUT2D eigenvalue weighted by Gasteiger charge is -2.27. The van der Waals surface area contributed by atoms with Gasteiger partial charge in [-0.1, -0.05) is 26.2 Å². The van der Waals surface area contributed by atoms with E-state index in [4.69, 9.17) is 0 Å². The summed E-state index contributed by atoms with van der Waals surface area (Å²) in [6.07, 6.45) is 8.08. The minimum absolute atomic E-state index is 0.0300. The maximum absolute atomic E-state index is 12.0. The Labute approximate surface area is 123 Å². The molecule has 104 valence electrons. The van der Waals surface area contributed by atoms with Crippen LogP contribution in [-0.2, 0) is 0 Å². The van der Waals surface area contributed by atoms with E-state index in [0.717, 1.165) is 12.5 Å². The Bertz CT molecular complexity index is 428. The molecule has 0 aromatic carbocycles. The second-order valence-corrected chi connectivity index (χ2v) is 6.10. The highest BCUT2D eigenvalue weighted by molar-refractivity contribution is 9.10. The van der Waals surface area contributed by atoms with Crippen LogP contribution in [0.5, 0.6) is 0 Å². The Morgan fingerprint density at radius 1 is 1.37 bits per heavy atom. The summed E-state index contributed by atoms with van der Waals surface area (Å²) >= 11 is 3.31. The fourth-order valence-corrected chi connectivity index (χ4v) is 3.16. The Kier molecular flexibility index (Phi) is 5.37. The van der Waals surface area contributed by atoms with Crippen molar-refractivity contribution in [3.63, 3.8) is 0 Å². The lowest BCUT2D eigenvalue weighted by atomic mass is 9.81. The molecule has 1 heterocycles. The van der Waals surface area contributed by atoms with E-state index in [1.807, 2.05) is 0 Å². The highest BCUT2D eigenvalue weighted by Crippen LogP contribution is 2.30. The van der Waals surface area contributed by atoms with Gasteiger partial charge in [0.1, 0.15) is 4.60 Å². The second kappa shape index (κ2) is 7.04. The largest absolute Gasteiger partial charge is 0.352 e. The lowest BCUT2D eigenvalue weighted by Crippen LogP contribution is -2.31. The van der Waals surface area contributed by atoms with Crippen LogP contribution in [0.15, 0.2) is 22.9 Å². The first-order chi connectivity index (χ1) is 9.20. The van der Waals surface area contributed by atoms with Gasteiger partial charge in [-0.25, -0.2) is 4.98 Å². The molecule has 1 amide bonds. The number of nitrogens with one attached hydrogen (secondary N) is 1. The average Bonchev–Trinajstić information content (AvgIpc) is 2.46. The maximum atomic E-state index is 12.0. The van der Waals surface area contributed by atoms with Crippen LogP contribution in [0.1, 0.15) is 49.4 Å². The van der Waals surface area contributed by atoms with E-state index in [1.54, 1.807) is 18.3 Å². The molecular formula is C15H21BrN2O. The van der Waals surface area contributed by atoms with Crippen LogP contribution in [0.4, 0.5) is 0 Å². The lowest BCUT2D eigenvalue weighted by molar-refractivity contribution is 0.0940. The summed E-state index contributed by atoms with van der Waals surface area (Å²) in [4.78, 5) is 16.1. The van der Waals surface area contributed by atoms with Crippen molar-refractivity contribution in [1.82, 2.24) is 10.3 Å². The summed E-state index contributed by atoms with van der Waals surface area (Å²) in [6.45, 7) is 3.06. The first-order valence-corrected chi connectivity index (χ1v) is 7.88. The van der Waals surface area contributed by atoms with Gasteiger partial charge in [-0.2, -0.15) is 0 Å². The van der Waals surface area contributed by atoms with Gasteiger partial charge in [0.15, 0.2) is 0 Å². The molecule has 4 heteroatoms. The summed E-state index contributed by atoms with van der Waals surface area (Å²) in [5.74, 6) is 1.51. The second-order valence-electron chi connectivity index (χ2n) is 5.35. The molecule has 1 aliphatic carbocycles. The normalized spacial score (nSPS) is 23.1. The first-order valence-electron chi connectivity index (χ1n) is 7.09. The Hall–Kier alpha value is -0.900. The number of halogens is 1. The molecule has 1 fully saturated rings. The number of carbonyl (C=O) groups excluding carboxylic acids is 1. The molecule has 0 atom stereocenters. The number of nitrogens with zero attached hydrogens (tertiary/aromatic N) is 1. The number of carbonyl (C=O) groups is 1. The minimum atomic E-state index is -0.0300. The van der Waals surface area contributed by atoms with Crippen molar-refractivity contribution in [1.29, 1.82) is 0 Å². The predicted molar refractivity (Wildman–Crippen MR) is 80.0 cm³/mol. The van der Waals surface area contributed by atoms with Gasteiger partial charge in [0, 0.05) is 12.7 Å². The Morgan fingerprint density at radius 2 is 2.05 bits per heavy atom. The van der Waals surface area contributed by atoms with E-state index in [1.165, 1.54) is 32.1 Å². The third kappa shape index (κ3) is 4.03. The summed E-state index contributed by atoms with van der Waals surface area (Å²) in [6, 6.07) is 3.58. The van der Waals surface area contributed by atoms with Crippen molar-refractivity contribution in [3.05, 3.63) is 28.5 Å². The van der Waals surface area contributed by atoms with Crippen molar-refractivity contribution in [2.45, 2.75) is 39.0 Å². The fraction of sp³-hybridized carbons (Fsp3) is 0.600. The highest BCUT2D eigenvalue weighted by atomic mass is 79.9. The molecule has 1 saturated carbocycles. The van der Waals surface area contributed by atoms with Crippen LogP contribution in [-0.4, -0.2) is 17.4 Å². The summed E-state index contributed by atoms with van der Waals surface area (Å²) < 4.78 is 0.613. The molecule has 0 radical (unpaired) electrons. The first kappa shape index (κ1) is 14.5. The summed E-state index contributed by atoms with van der Waals surface area (Å²) in [5.41, 5.74) is 0.616. The molecule has 3 nitrogen and oxygen atoms in total. The number of pyridine rings is 1. The maximum Gasteiger partial charge on any atom is 0.254 e. The van der Waals surface area contributed by atoms with E-state index in [-0.39, 0.29) is 5.91 Å². The molecule has 1 N–H and O–H groups in total. The third-order valence-electron chi connectivity index (χ3n) is 4.10. The molecule has 0 bridgehead atoms. The van der Waals surface area contributed by atoms with E-state index in [2.05, 4.69) is 33.2 Å². The standard InChI is InChI=1S/C15H21BrN2O/c1-2-11-5-7-12(8-6-11)10-18-15(19)13-4-3-9-17-14(13)16/h3-4,9,11-12H,2,5-8,10H2,1H3,(H,18,19). The van der Waals surface area contributed by atoms with Crippen LogP contribution in [0.25, 0.3) is 0 Å². The van der Waals surface area contributed by atoms with Gasteiger partial charge in [-0.05, 0) is 52.7 Å². The van der Waals surface area contributed by atoms with Gasteiger partial charge in [-0.3, -0.25) is 4.79 Å². The van der Waals surface area contributed by atoms with Gasteiger partial charge in [-0.15, -0.1) is 0 Å². The van der Waals surface area contributed by atoms with Crippen LogP contribution >= 0.6 is 15.9 Å². The van der Waals surface area contributed by atoms with E-state index in [0.29, 0.717) is 16.1 Å². The fourth-order valence-electron chi connectivity index (χ4n) is 2.73. The third-order valence-corrected chi connectivity index (χ3v) is 4.73. The van der Waals surface area contributed by atoms with Crippen LogP contribution < -0.4 is 5.32 Å². The zero-order valence-corrected chi connectivity index (χ0v) is 12.9. The van der Waals surface area contributed by atoms with E-state index >= 15 is 0 Å². The van der Waals surface area contributed by atoms with Crippen molar-refractivity contribution in [3.8, 4) is 0 Å². The molecule has 2 rings (SSSR count). The Morgan fingerprint density at radius 3 is 2.68 bits per heavy atom. The summed E-state index contributed by atoms with van der Waals surface area (Å²) in [5, 5.41) is 3.03. The molecular weight excluding hydrogens is 304 g/mol. The number of amides is 1. The van der Waals surface area contributed by atoms with Crippen LogP contribution in [0, 0.1) is 11.8 Å². The van der Waals surface area contributed by atoms with Crippen molar-refractivity contribution < 1.29 is 4.79 Å². The van der Waals surface area contributed by atoms with Gasteiger partial charge < -0.3 is 5.32 Å². The zero-order chi connectivity index (χ0) is 13.7. The Balaban J connectivity index is 1.80. The number of aromatic nitrogens is 1. The van der Waals surface area contributed by atoms with Gasteiger partial charge >= 0.3 is 0 Å². The van der Waals surface area contributed by atoms with Gasteiger partial charge in [0.05, 0.1) is 5.56 Å². The highest BCUT2D eigenvalue weighted by Gasteiger charge is 2.20. The summed E-state index contributed by atoms with van der Waals surface area (Å²) in [7, 11) is 0. The molecule has 0 saturated heterocycles. The molecule has 19 heavy (non-hydrogen) atoms. The molecule has 0 aliphatic heterocycles. The minimum Gasteiger partial charge on any atom is -0.352 e. The van der Waals surface area contributed by atoms with Crippen LogP contribution in [0.3, 0.4) is 0 Å². The van der Waals surface area contributed by atoms with E-state index in [9.17, 15) is 4.79 Å². The van der Waals surface area contributed by atoms with Crippen molar-refractivity contribution in [2.75, 3.05) is 6.54 Å². The molecule has 1 aliphatic rings. The topological polar surface area (TPSA) is 42.0 Å². The molecule has 1 aromatic rings. The number of hydrogen-bond acceptors (Lipinski definition) is 2. The number of rotatable bonds is 4. The smallest absolute Gasteiger partial charge is 0.254 e. The van der Waals surface area contributed by atoms with Crippen LogP contribution in [0.2, 0.25) is 0 Å². The number of hydrogen-bond donors (Lipinski definition) is 1. The monoisotopic (exact) mass is 324 g/mol. The molecule has 1 aromatic heterocycles. The van der Waals surface area contributed by atoms with Gasteiger partial charge in [0.25, 0.3) is 5.91 Å². The van der Waals surface area contributed by atoms with Gasteiger partial charge in [0.2, 0.25) is 0 Å². The molecule has 0 unspecified atom stereocenters. The van der Waals surface area contributed by atoms with E-state index < -0.39 is 0 Å².